The summed E-state index contributed by atoms with van der Waals surface area (Å²) in [5.41, 5.74) is 0. The third kappa shape index (κ3) is 4.87. The molecule has 2 rings (SSSR count). The lowest BCUT2D eigenvalue weighted by Gasteiger charge is -2.30. The molecule has 3 heteroatoms. The zero-order valence-electron chi connectivity index (χ0n) is 11.8. The number of aliphatic hydroxyl groups is 1. The molecular weight excluding hydrogens is 226 g/mol. The van der Waals surface area contributed by atoms with Crippen LogP contribution in [0.1, 0.15) is 51.9 Å². The molecule has 1 heterocycles. The molecule has 1 atom stereocenters. The molecule has 0 spiro atoms. The maximum absolute atomic E-state index is 10.0. The maximum Gasteiger partial charge on any atom is 0.0900 e. The van der Waals surface area contributed by atoms with E-state index in [9.17, 15) is 5.11 Å². The summed E-state index contributed by atoms with van der Waals surface area (Å²) >= 11 is 0. The Kier molecular flexibility index (Phi) is 5.93. The molecule has 0 bridgehead atoms. The molecule has 1 aliphatic carbocycles. The van der Waals surface area contributed by atoms with Gasteiger partial charge in [-0.3, -0.25) is 0 Å². The second-order valence-electron chi connectivity index (χ2n) is 6.23. The van der Waals surface area contributed by atoms with E-state index >= 15 is 0 Å². The zero-order valence-corrected chi connectivity index (χ0v) is 11.8. The summed E-state index contributed by atoms with van der Waals surface area (Å²) in [6.07, 6.45) is 8.94. The van der Waals surface area contributed by atoms with Crippen molar-refractivity contribution < 1.29 is 9.84 Å². The van der Waals surface area contributed by atoms with Crippen molar-refractivity contribution in [3.8, 4) is 0 Å². The molecule has 1 saturated carbocycles. The van der Waals surface area contributed by atoms with E-state index in [0.717, 1.165) is 25.6 Å². The van der Waals surface area contributed by atoms with Gasteiger partial charge in [0.25, 0.3) is 0 Å². The molecule has 0 radical (unpaired) electrons. The van der Waals surface area contributed by atoms with Gasteiger partial charge in [0.05, 0.1) is 18.8 Å². The molecule has 1 aliphatic heterocycles. The quantitative estimate of drug-likeness (QED) is 0.819. The van der Waals surface area contributed by atoms with E-state index in [0.29, 0.717) is 12.7 Å². The smallest absolute Gasteiger partial charge is 0.0900 e. The van der Waals surface area contributed by atoms with Crippen LogP contribution in [0.3, 0.4) is 0 Å². The van der Waals surface area contributed by atoms with Gasteiger partial charge in [-0.1, -0.05) is 13.3 Å². The second-order valence-corrected chi connectivity index (χ2v) is 6.23. The van der Waals surface area contributed by atoms with Gasteiger partial charge in [0.15, 0.2) is 0 Å². The summed E-state index contributed by atoms with van der Waals surface area (Å²) in [4.78, 5) is 2.38. The van der Waals surface area contributed by atoms with E-state index in [1.807, 2.05) is 0 Å². The number of piperidine rings is 1. The zero-order chi connectivity index (χ0) is 12.8. The van der Waals surface area contributed by atoms with Gasteiger partial charge >= 0.3 is 0 Å². The summed E-state index contributed by atoms with van der Waals surface area (Å²) in [5, 5.41) is 10.0. The predicted octanol–water partition coefficient (Wildman–Crippen LogP) is 2.43. The lowest BCUT2D eigenvalue weighted by molar-refractivity contribution is -0.0386. The average molecular weight is 255 g/mol. The van der Waals surface area contributed by atoms with Crippen molar-refractivity contribution in [1.82, 2.24) is 4.90 Å². The monoisotopic (exact) mass is 255 g/mol. The third-order valence-corrected chi connectivity index (χ3v) is 4.40. The summed E-state index contributed by atoms with van der Waals surface area (Å²) in [7, 11) is 0. The SMILES string of the molecule is CC1CCC(OC[C@@H](O)CN2CCCCC2)CC1. The Hall–Kier alpha value is -0.120. The van der Waals surface area contributed by atoms with E-state index in [1.54, 1.807) is 0 Å². The molecule has 0 aromatic rings. The van der Waals surface area contributed by atoms with Gasteiger partial charge in [0, 0.05) is 6.54 Å². The number of aliphatic hydroxyl groups excluding tert-OH is 1. The molecule has 0 aromatic heterocycles. The normalized spacial score (nSPS) is 32.3. The lowest BCUT2D eigenvalue weighted by Crippen LogP contribution is -2.39. The van der Waals surface area contributed by atoms with Crippen LogP contribution in [0.25, 0.3) is 0 Å². The first-order valence-electron chi connectivity index (χ1n) is 7.76. The fourth-order valence-electron chi connectivity index (χ4n) is 3.14. The maximum atomic E-state index is 10.0. The van der Waals surface area contributed by atoms with Crippen molar-refractivity contribution in [2.24, 2.45) is 5.92 Å². The van der Waals surface area contributed by atoms with Gasteiger partial charge in [0.1, 0.15) is 0 Å². The Morgan fingerprint density at radius 2 is 1.78 bits per heavy atom. The first-order valence-corrected chi connectivity index (χ1v) is 7.76. The Labute approximate surface area is 112 Å². The number of ether oxygens (including phenoxy) is 1. The molecule has 0 aromatic carbocycles. The summed E-state index contributed by atoms with van der Waals surface area (Å²) in [6.45, 7) is 5.94. The topological polar surface area (TPSA) is 32.7 Å². The number of likely N-dealkylation sites (tertiary alicyclic amines) is 1. The summed E-state index contributed by atoms with van der Waals surface area (Å²) < 4.78 is 5.86. The molecule has 2 aliphatic rings. The van der Waals surface area contributed by atoms with Gasteiger partial charge in [0.2, 0.25) is 0 Å². The van der Waals surface area contributed by atoms with Gasteiger partial charge in [-0.05, 0) is 57.5 Å². The predicted molar refractivity (Wildman–Crippen MR) is 73.7 cm³/mol. The number of nitrogens with zero attached hydrogens (tertiary/aromatic N) is 1. The van der Waals surface area contributed by atoms with E-state index < -0.39 is 0 Å². The number of rotatable bonds is 5. The average Bonchev–Trinajstić information content (AvgIpc) is 2.39. The molecule has 106 valence electrons. The van der Waals surface area contributed by atoms with Crippen LogP contribution in [-0.4, -0.2) is 48.5 Å². The van der Waals surface area contributed by atoms with Crippen LogP contribution < -0.4 is 0 Å². The van der Waals surface area contributed by atoms with Crippen molar-refractivity contribution in [3.63, 3.8) is 0 Å². The van der Waals surface area contributed by atoms with Crippen LogP contribution in [0.15, 0.2) is 0 Å². The minimum absolute atomic E-state index is 0.303. The van der Waals surface area contributed by atoms with E-state index in [2.05, 4.69) is 11.8 Å². The Morgan fingerprint density at radius 3 is 2.44 bits per heavy atom. The fourth-order valence-corrected chi connectivity index (χ4v) is 3.14. The molecule has 3 nitrogen and oxygen atoms in total. The first kappa shape index (κ1) is 14.3. The van der Waals surface area contributed by atoms with Gasteiger partial charge in [-0.15, -0.1) is 0 Å². The van der Waals surface area contributed by atoms with E-state index in [1.165, 1.54) is 44.9 Å². The van der Waals surface area contributed by atoms with Crippen LogP contribution in [0.5, 0.6) is 0 Å². The Bertz CT molecular complexity index is 221. The minimum atomic E-state index is -0.303. The van der Waals surface area contributed by atoms with Crippen molar-refractivity contribution in [2.45, 2.75) is 64.1 Å². The van der Waals surface area contributed by atoms with Crippen molar-refractivity contribution in [2.75, 3.05) is 26.2 Å². The standard InChI is InChI=1S/C15H29NO2/c1-13-5-7-15(8-6-13)18-12-14(17)11-16-9-3-2-4-10-16/h13-15,17H,2-12H2,1H3/t13?,14-,15?/m0/s1. The van der Waals surface area contributed by atoms with E-state index in [-0.39, 0.29) is 6.10 Å². The fraction of sp³-hybridized carbons (Fsp3) is 1.00. The Morgan fingerprint density at radius 1 is 1.11 bits per heavy atom. The van der Waals surface area contributed by atoms with Crippen LogP contribution >= 0.6 is 0 Å². The first-order chi connectivity index (χ1) is 8.74. The van der Waals surface area contributed by atoms with Gasteiger partial charge < -0.3 is 14.7 Å². The highest BCUT2D eigenvalue weighted by atomic mass is 16.5. The van der Waals surface area contributed by atoms with Crippen LogP contribution in [0, 0.1) is 5.92 Å². The second kappa shape index (κ2) is 7.46. The highest BCUT2D eigenvalue weighted by Crippen LogP contribution is 2.25. The molecule has 2 fully saturated rings. The molecule has 1 N–H and O–H groups in total. The Balaban J connectivity index is 1.57. The summed E-state index contributed by atoms with van der Waals surface area (Å²) in [6, 6.07) is 0. The molecule has 18 heavy (non-hydrogen) atoms. The highest BCUT2D eigenvalue weighted by molar-refractivity contribution is 4.72. The van der Waals surface area contributed by atoms with Crippen molar-refractivity contribution in [3.05, 3.63) is 0 Å². The van der Waals surface area contributed by atoms with Crippen LogP contribution in [-0.2, 0) is 4.74 Å². The van der Waals surface area contributed by atoms with Gasteiger partial charge in [-0.2, -0.15) is 0 Å². The van der Waals surface area contributed by atoms with Crippen molar-refractivity contribution in [1.29, 1.82) is 0 Å². The summed E-state index contributed by atoms with van der Waals surface area (Å²) in [5.74, 6) is 0.864. The highest BCUT2D eigenvalue weighted by Gasteiger charge is 2.20. The largest absolute Gasteiger partial charge is 0.389 e. The molecular formula is C15H29NO2. The lowest BCUT2D eigenvalue weighted by atomic mass is 9.89. The molecule has 1 saturated heterocycles. The van der Waals surface area contributed by atoms with E-state index in [4.69, 9.17) is 4.74 Å². The van der Waals surface area contributed by atoms with Gasteiger partial charge in [-0.25, -0.2) is 0 Å². The molecule has 0 unspecified atom stereocenters. The minimum Gasteiger partial charge on any atom is -0.389 e. The van der Waals surface area contributed by atoms with Crippen molar-refractivity contribution >= 4 is 0 Å². The molecule has 0 amide bonds. The number of β-amino-alcohol motifs (C(OH)–C–C–N with tert-alkyl or cyclic N) is 1. The van der Waals surface area contributed by atoms with Crippen LogP contribution in [0.2, 0.25) is 0 Å². The third-order valence-electron chi connectivity index (χ3n) is 4.40. The number of hydrogen-bond donors (Lipinski definition) is 1. The number of hydrogen-bond acceptors (Lipinski definition) is 3. The van der Waals surface area contributed by atoms with Crippen LogP contribution in [0.4, 0.5) is 0 Å².